The van der Waals surface area contributed by atoms with Crippen LogP contribution in [0.3, 0.4) is 0 Å². The molecule has 0 fully saturated rings. The Kier molecular flexibility index (Phi) is 5.18. The van der Waals surface area contributed by atoms with Gasteiger partial charge in [0.15, 0.2) is 0 Å². The largest absolute Gasteiger partial charge is 0.496 e. The van der Waals surface area contributed by atoms with E-state index in [1.165, 1.54) is 0 Å². The lowest BCUT2D eigenvalue weighted by atomic mass is 9.77. The van der Waals surface area contributed by atoms with E-state index in [-0.39, 0.29) is 16.9 Å². The lowest BCUT2D eigenvalue weighted by Crippen LogP contribution is -2.29. The van der Waals surface area contributed by atoms with Gasteiger partial charge in [0, 0.05) is 22.9 Å². The first-order valence-corrected chi connectivity index (χ1v) is 12.2. The maximum absolute atomic E-state index is 13.1. The Morgan fingerprint density at radius 3 is 2.66 bits per heavy atom. The summed E-state index contributed by atoms with van der Waals surface area (Å²) in [5.74, 6) is 1.30. The molecule has 1 heterocycles. The minimum absolute atomic E-state index is 0.0894. The molecule has 0 amide bonds. The van der Waals surface area contributed by atoms with Crippen LogP contribution >= 0.6 is 0 Å². The summed E-state index contributed by atoms with van der Waals surface area (Å²) in [6.07, 6.45) is 5.33. The average molecular weight is 447 g/mol. The van der Waals surface area contributed by atoms with Gasteiger partial charge in [-0.3, -0.25) is 4.72 Å². The summed E-state index contributed by atoms with van der Waals surface area (Å²) in [6.45, 7) is 1.94. The number of anilines is 2. The highest BCUT2D eigenvalue weighted by Crippen LogP contribution is 2.51. The van der Waals surface area contributed by atoms with Gasteiger partial charge in [-0.05, 0) is 66.8 Å². The Labute approximate surface area is 189 Å². The zero-order chi connectivity index (χ0) is 22.3. The van der Waals surface area contributed by atoms with Gasteiger partial charge in [-0.1, -0.05) is 42.5 Å². The number of ether oxygens (including phenoxy) is 1. The monoisotopic (exact) mass is 446 g/mol. The van der Waals surface area contributed by atoms with Gasteiger partial charge in [0.1, 0.15) is 5.75 Å². The molecule has 0 unspecified atom stereocenters. The van der Waals surface area contributed by atoms with Gasteiger partial charge in [-0.15, -0.1) is 0 Å². The number of fused-ring (bicyclic) bond motifs is 3. The molecule has 2 aliphatic rings. The van der Waals surface area contributed by atoms with Crippen LogP contribution in [0.4, 0.5) is 11.4 Å². The number of benzene rings is 3. The van der Waals surface area contributed by atoms with Gasteiger partial charge in [0.05, 0.1) is 18.0 Å². The minimum Gasteiger partial charge on any atom is -0.496 e. The summed E-state index contributed by atoms with van der Waals surface area (Å²) in [6, 6.07) is 20.9. The number of rotatable bonds is 5. The van der Waals surface area contributed by atoms with Crippen LogP contribution in [0, 0.1) is 12.8 Å². The zero-order valence-electron chi connectivity index (χ0n) is 18.1. The van der Waals surface area contributed by atoms with E-state index in [0.29, 0.717) is 11.6 Å². The first-order valence-electron chi connectivity index (χ1n) is 10.8. The lowest BCUT2D eigenvalue weighted by Gasteiger charge is -2.38. The molecule has 0 radical (unpaired) electrons. The predicted octanol–water partition coefficient (Wildman–Crippen LogP) is 5.63. The fourth-order valence-electron chi connectivity index (χ4n) is 4.89. The molecule has 3 aromatic rings. The third kappa shape index (κ3) is 3.65. The molecule has 5 rings (SSSR count). The molecule has 1 aliphatic carbocycles. The smallest absolute Gasteiger partial charge is 0.261 e. The number of hydrogen-bond donors (Lipinski definition) is 2. The van der Waals surface area contributed by atoms with Gasteiger partial charge in [0.2, 0.25) is 0 Å². The van der Waals surface area contributed by atoms with Gasteiger partial charge in [0.25, 0.3) is 10.0 Å². The summed E-state index contributed by atoms with van der Waals surface area (Å²) >= 11 is 0. The van der Waals surface area contributed by atoms with Crippen LogP contribution in [-0.4, -0.2) is 15.5 Å². The van der Waals surface area contributed by atoms with Crippen LogP contribution in [0.5, 0.6) is 5.75 Å². The molecule has 3 aromatic carbocycles. The van der Waals surface area contributed by atoms with Crippen molar-refractivity contribution in [2.45, 2.75) is 30.2 Å². The summed E-state index contributed by atoms with van der Waals surface area (Å²) in [5.41, 5.74) is 4.67. The topological polar surface area (TPSA) is 67.4 Å². The van der Waals surface area contributed by atoms with Crippen molar-refractivity contribution in [1.29, 1.82) is 0 Å². The van der Waals surface area contributed by atoms with Crippen LogP contribution in [-0.2, 0) is 10.0 Å². The standard InChI is InChI=1S/C26H26N2O3S/c1-17-7-5-8-18(15-17)28-32(29,30)19-13-14-24-23(16-19)20-10-6-11-21(20)26(27-24)22-9-3-4-12-25(22)31-2/h3-10,12-16,20-21,26-28H,11H2,1-2H3/t20-,21+,26-/m0/s1. The Bertz CT molecular complexity index is 1300. The second-order valence-electron chi connectivity index (χ2n) is 8.44. The van der Waals surface area contributed by atoms with Crippen LogP contribution in [0.15, 0.2) is 83.8 Å². The Morgan fingerprint density at radius 1 is 1.00 bits per heavy atom. The molecule has 1 aliphatic heterocycles. The summed E-state index contributed by atoms with van der Waals surface area (Å²) in [5, 5.41) is 3.66. The number of para-hydroxylation sites is 1. The van der Waals surface area contributed by atoms with Gasteiger partial charge in [-0.25, -0.2) is 8.42 Å². The van der Waals surface area contributed by atoms with Crippen molar-refractivity contribution < 1.29 is 13.2 Å². The fourth-order valence-corrected chi connectivity index (χ4v) is 5.98. The first-order chi connectivity index (χ1) is 15.5. The number of nitrogens with one attached hydrogen (secondary N) is 2. The Morgan fingerprint density at radius 2 is 1.84 bits per heavy atom. The third-order valence-corrected chi connectivity index (χ3v) is 7.77. The van der Waals surface area contributed by atoms with Crippen molar-refractivity contribution >= 4 is 21.4 Å². The molecule has 2 N–H and O–H groups in total. The van der Waals surface area contributed by atoms with Crippen LogP contribution in [0.1, 0.15) is 35.1 Å². The summed E-state index contributed by atoms with van der Waals surface area (Å²) in [7, 11) is -2.00. The molecule has 0 saturated heterocycles. The number of sulfonamides is 1. The van der Waals surface area contributed by atoms with Crippen LogP contribution in [0.25, 0.3) is 0 Å². The molecule has 164 valence electrons. The van der Waals surface area contributed by atoms with Crippen molar-refractivity contribution in [2.75, 3.05) is 17.1 Å². The van der Waals surface area contributed by atoms with E-state index in [1.807, 2.05) is 55.5 Å². The molecule has 0 saturated carbocycles. The van der Waals surface area contributed by atoms with Crippen molar-refractivity contribution in [3.8, 4) is 5.75 Å². The predicted molar refractivity (Wildman–Crippen MR) is 128 cm³/mol. The van der Waals surface area contributed by atoms with Crippen LogP contribution < -0.4 is 14.8 Å². The van der Waals surface area contributed by atoms with Crippen molar-refractivity contribution in [1.82, 2.24) is 0 Å². The van der Waals surface area contributed by atoms with Gasteiger partial charge < -0.3 is 10.1 Å². The minimum atomic E-state index is -3.69. The van der Waals surface area contributed by atoms with Crippen molar-refractivity contribution in [2.24, 2.45) is 5.92 Å². The van der Waals surface area contributed by atoms with E-state index in [0.717, 1.165) is 34.5 Å². The highest BCUT2D eigenvalue weighted by Gasteiger charge is 2.39. The first kappa shape index (κ1) is 20.6. The highest BCUT2D eigenvalue weighted by atomic mass is 32.2. The molecule has 0 bridgehead atoms. The number of aryl methyl sites for hydroxylation is 1. The van der Waals surface area contributed by atoms with E-state index < -0.39 is 10.0 Å². The summed E-state index contributed by atoms with van der Waals surface area (Å²) in [4.78, 5) is 0.273. The molecule has 5 nitrogen and oxygen atoms in total. The quantitative estimate of drug-likeness (QED) is 0.499. The summed E-state index contributed by atoms with van der Waals surface area (Å²) < 4.78 is 34.5. The molecule has 6 heteroatoms. The number of methoxy groups -OCH3 is 1. The maximum atomic E-state index is 13.1. The number of hydrogen-bond acceptors (Lipinski definition) is 4. The molecule has 0 spiro atoms. The highest BCUT2D eigenvalue weighted by molar-refractivity contribution is 7.92. The number of allylic oxidation sites excluding steroid dienone is 2. The molecular formula is C26H26N2O3S. The SMILES string of the molecule is COc1ccccc1[C@H]1Nc2ccc(S(=O)(=O)Nc3cccc(C)c3)cc2[C@H]2C=CC[C@H]21. The van der Waals surface area contributed by atoms with Gasteiger partial charge in [-0.2, -0.15) is 0 Å². The second-order valence-corrected chi connectivity index (χ2v) is 10.1. The van der Waals surface area contributed by atoms with E-state index in [1.54, 1.807) is 19.2 Å². The second kappa shape index (κ2) is 8.02. The van der Waals surface area contributed by atoms with E-state index in [4.69, 9.17) is 4.74 Å². The van der Waals surface area contributed by atoms with E-state index in [2.05, 4.69) is 28.3 Å². The molecule has 0 aromatic heterocycles. The Balaban J connectivity index is 1.50. The van der Waals surface area contributed by atoms with E-state index >= 15 is 0 Å². The van der Waals surface area contributed by atoms with Crippen molar-refractivity contribution in [3.05, 3.63) is 95.6 Å². The maximum Gasteiger partial charge on any atom is 0.261 e. The molecule has 32 heavy (non-hydrogen) atoms. The third-order valence-electron chi connectivity index (χ3n) is 6.39. The Hall–Kier alpha value is -3.25. The average Bonchev–Trinajstić information content (AvgIpc) is 3.28. The van der Waals surface area contributed by atoms with E-state index in [9.17, 15) is 8.42 Å². The lowest BCUT2D eigenvalue weighted by molar-refractivity contribution is 0.381. The zero-order valence-corrected chi connectivity index (χ0v) is 18.9. The molecular weight excluding hydrogens is 420 g/mol. The fraction of sp³-hybridized carbons (Fsp3) is 0.231. The van der Waals surface area contributed by atoms with Crippen molar-refractivity contribution in [3.63, 3.8) is 0 Å². The molecule has 3 atom stereocenters. The normalized spacial score (nSPS) is 21.4. The van der Waals surface area contributed by atoms with Gasteiger partial charge >= 0.3 is 0 Å². The van der Waals surface area contributed by atoms with Crippen LogP contribution in [0.2, 0.25) is 0 Å².